The Morgan fingerprint density at radius 1 is 1.04 bits per heavy atom. The van der Waals surface area contributed by atoms with Gasteiger partial charge in [-0.1, -0.05) is 47.5 Å². The minimum Gasteiger partial charge on any atom is -0.496 e. The Morgan fingerprint density at radius 3 is 2.40 bits per heavy atom. The van der Waals surface area contributed by atoms with E-state index in [9.17, 15) is 9.59 Å². The van der Waals surface area contributed by atoms with E-state index in [1.54, 1.807) is 13.2 Å². The molecule has 0 spiro atoms. The van der Waals surface area contributed by atoms with Crippen LogP contribution in [0.4, 0.5) is 0 Å². The molecule has 0 fully saturated rings. The van der Waals surface area contributed by atoms with Gasteiger partial charge in [-0.05, 0) is 30.2 Å². The van der Waals surface area contributed by atoms with Crippen LogP contribution in [0, 0.1) is 0 Å². The molecular weight excluding hydrogens is 365 g/mol. The third kappa shape index (κ3) is 5.37. The maximum atomic E-state index is 12.0. The minimum absolute atomic E-state index is 0.0488. The fourth-order valence-corrected chi connectivity index (χ4v) is 2.74. The van der Waals surface area contributed by atoms with Gasteiger partial charge in [0.05, 0.1) is 22.7 Å². The van der Waals surface area contributed by atoms with Crippen LogP contribution in [0.25, 0.3) is 0 Å². The number of nitrogens with one attached hydrogen (secondary N) is 1. The van der Waals surface area contributed by atoms with Gasteiger partial charge in [0.1, 0.15) is 5.75 Å². The summed E-state index contributed by atoms with van der Waals surface area (Å²) in [5.41, 5.74) is 1.03. The molecule has 5 nitrogen and oxygen atoms in total. The van der Waals surface area contributed by atoms with E-state index >= 15 is 0 Å². The fourth-order valence-electron chi connectivity index (χ4n) is 2.19. The van der Waals surface area contributed by atoms with E-state index in [0.29, 0.717) is 13.0 Å². The van der Waals surface area contributed by atoms with Gasteiger partial charge in [-0.15, -0.1) is 0 Å². The molecule has 1 N–H and O–H groups in total. The second-order valence-electron chi connectivity index (χ2n) is 5.08. The Bertz CT molecular complexity index is 744. The molecule has 2 rings (SSSR count). The number of methoxy groups -OCH3 is 1. The summed E-state index contributed by atoms with van der Waals surface area (Å²) < 4.78 is 10.2. The lowest BCUT2D eigenvalue weighted by Crippen LogP contribution is -2.30. The van der Waals surface area contributed by atoms with Crippen molar-refractivity contribution in [3.8, 4) is 5.75 Å². The van der Waals surface area contributed by atoms with Gasteiger partial charge in [0.25, 0.3) is 5.91 Å². The zero-order chi connectivity index (χ0) is 18.2. The first-order chi connectivity index (χ1) is 12.0. The lowest BCUT2D eigenvalue weighted by atomic mass is 10.1. The molecule has 1 amide bonds. The highest BCUT2D eigenvalue weighted by atomic mass is 35.5. The number of para-hydroxylation sites is 1. The molecule has 0 aliphatic rings. The van der Waals surface area contributed by atoms with Crippen molar-refractivity contribution >= 4 is 35.1 Å². The van der Waals surface area contributed by atoms with Gasteiger partial charge >= 0.3 is 5.97 Å². The van der Waals surface area contributed by atoms with Crippen LogP contribution in [0.15, 0.2) is 42.5 Å². The standard InChI is InChI=1S/C18H17Cl2NO4/c1-24-15-8-3-2-5-12(15)9-10-21-16(22)11-25-18(23)17-13(19)6-4-7-14(17)20/h2-8H,9-11H2,1H3,(H,21,22). The average Bonchev–Trinajstić information content (AvgIpc) is 2.60. The van der Waals surface area contributed by atoms with Crippen molar-refractivity contribution in [3.63, 3.8) is 0 Å². The van der Waals surface area contributed by atoms with Gasteiger partial charge in [-0.3, -0.25) is 4.79 Å². The highest BCUT2D eigenvalue weighted by Gasteiger charge is 2.17. The van der Waals surface area contributed by atoms with Crippen molar-refractivity contribution < 1.29 is 19.1 Å². The second-order valence-corrected chi connectivity index (χ2v) is 5.90. The summed E-state index contributed by atoms with van der Waals surface area (Å²) in [5.74, 6) is -0.390. The molecule has 0 aliphatic heterocycles. The Morgan fingerprint density at radius 2 is 1.72 bits per heavy atom. The lowest BCUT2D eigenvalue weighted by molar-refractivity contribution is -0.124. The molecule has 0 heterocycles. The van der Waals surface area contributed by atoms with Crippen molar-refractivity contribution in [3.05, 3.63) is 63.6 Å². The zero-order valence-corrected chi connectivity index (χ0v) is 15.1. The van der Waals surface area contributed by atoms with Crippen LogP contribution >= 0.6 is 23.2 Å². The maximum absolute atomic E-state index is 12.0. The van der Waals surface area contributed by atoms with Crippen molar-refractivity contribution in [1.29, 1.82) is 0 Å². The maximum Gasteiger partial charge on any atom is 0.341 e. The largest absolute Gasteiger partial charge is 0.496 e. The molecule has 0 radical (unpaired) electrons. The van der Waals surface area contributed by atoms with E-state index in [0.717, 1.165) is 11.3 Å². The summed E-state index contributed by atoms with van der Waals surface area (Å²) in [5, 5.41) is 3.03. The number of halogens is 2. The second kappa shape index (κ2) is 9.30. The Hall–Kier alpha value is -2.24. The highest BCUT2D eigenvalue weighted by Crippen LogP contribution is 2.24. The van der Waals surface area contributed by atoms with Gasteiger partial charge in [0.2, 0.25) is 0 Å². The van der Waals surface area contributed by atoms with E-state index in [-0.39, 0.29) is 15.6 Å². The summed E-state index contributed by atoms with van der Waals surface area (Å²) in [6.45, 7) is -0.0179. The van der Waals surface area contributed by atoms with Gasteiger partial charge in [0.15, 0.2) is 6.61 Å². The third-order valence-electron chi connectivity index (χ3n) is 3.41. The molecule has 0 aromatic heterocycles. The Kier molecular flexibility index (Phi) is 7.10. The molecule has 2 aromatic carbocycles. The average molecular weight is 382 g/mol. The van der Waals surface area contributed by atoms with E-state index in [2.05, 4.69) is 5.32 Å². The van der Waals surface area contributed by atoms with Crippen LogP contribution in [-0.2, 0) is 16.0 Å². The first kappa shape index (κ1) is 19.1. The third-order valence-corrected chi connectivity index (χ3v) is 4.04. The van der Waals surface area contributed by atoms with Crippen LogP contribution in [0.3, 0.4) is 0 Å². The molecule has 2 aromatic rings. The monoisotopic (exact) mass is 381 g/mol. The first-order valence-corrected chi connectivity index (χ1v) is 8.28. The number of carbonyl (C=O) groups is 2. The van der Waals surface area contributed by atoms with Crippen molar-refractivity contribution in [2.45, 2.75) is 6.42 Å². The molecule has 0 bridgehead atoms. The summed E-state index contributed by atoms with van der Waals surface area (Å²) >= 11 is 11.8. The molecule has 25 heavy (non-hydrogen) atoms. The smallest absolute Gasteiger partial charge is 0.341 e. The van der Waals surface area contributed by atoms with E-state index in [4.69, 9.17) is 32.7 Å². The summed E-state index contributed by atoms with van der Waals surface area (Å²) in [7, 11) is 1.59. The number of hydrogen-bond donors (Lipinski definition) is 1. The predicted octanol–water partition coefficient (Wildman–Crippen LogP) is 3.52. The van der Waals surface area contributed by atoms with Gasteiger partial charge in [-0.2, -0.15) is 0 Å². The Balaban J connectivity index is 1.80. The number of amides is 1. The fraction of sp³-hybridized carbons (Fsp3) is 0.222. The van der Waals surface area contributed by atoms with Gasteiger partial charge in [-0.25, -0.2) is 4.79 Å². The number of esters is 1. The molecule has 0 atom stereocenters. The molecule has 0 unspecified atom stereocenters. The van der Waals surface area contributed by atoms with Crippen molar-refractivity contribution in [2.75, 3.05) is 20.3 Å². The summed E-state index contributed by atoms with van der Waals surface area (Å²) in [4.78, 5) is 23.8. The van der Waals surface area contributed by atoms with E-state index in [1.807, 2.05) is 24.3 Å². The zero-order valence-electron chi connectivity index (χ0n) is 13.6. The number of hydrogen-bond acceptors (Lipinski definition) is 4. The molecule has 0 aliphatic carbocycles. The van der Waals surface area contributed by atoms with Crippen LogP contribution in [-0.4, -0.2) is 32.1 Å². The lowest BCUT2D eigenvalue weighted by Gasteiger charge is -2.10. The van der Waals surface area contributed by atoms with Crippen molar-refractivity contribution in [2.24, 2.45) is 0 Å². The Labute approximate surface area is 155 Å². The van der Waals surface area contributed by atoms with Crippen LogP contribution < -0.4 is 10.1 Å². The minimum atomic E-state index is -0.740. The van der Waals surface area contributed by atoms with E-state index < -0.39 is 18.5 Å². The first-order valence-electron chi connectivity index (χ1n) is 7.52. The van der Waals surface area contributed by atoms with Crippen LogP contribution in [0.2, 0.25) is 10.0 Å². The molecule has 132 valence electrons. The topological polar surface area (TPSA) is 64.6 Å². The molecule has 7 heteroatoms. The van der Waals surface area contributed by atoms with Crippen LogP contribution in [0.1, 0.15) is 15.9 Å². The van der Waals surface area contributed by atoms with Crippen molar-refractivity contribution in [1.82, 2.24) is 5.32 Å². The number of rotatable bonds is 7. The number of carbonyl (C=O) groups excluding carboxylic acids is 2. The van der Waals surface area contributed by atoms with Crippen LogP contribution in [0.5, 0.6) is 5.75 Å². The summed E-state index contributed by atoms with van der Waals surface area (Å²) in [6.07, 6.45) is 0.597. The van der Waals surface area contributed by atoms with E-state index in [1.165, 1.54) is 12.1 Å². The normalized spacial score (nSPS) is 10.2. The predicted molar refractivity (Wildman–Crippen MR) is 96.5 cm³/mol. The quantitative estimate of drug-likeness (QED) is 0.745. The number of benzene rings is 2. The molecular formula is C18H17Cl2NO4. The van der Waals surface area contributed by atoms with Gasteiger partial charge < -0.3 is 14.8 Å². The number of ether oxygens (including phenoxy) is 2. The van der Waals surface area contributed by atoms with Gasteiger partial charge in [0, 0.05) is 6.54 Å². The SMILES string of the molecule is COc1ccccc1CCNC(=O)COC(=O)c1c(Cl)cccc1Cl. The highest BCUT2D eigenvalue weighted by molar-refractivity contribution is 6.39. The molecule has 0 saturated carbocycles. The molecule has 0 saturated heterocycles. The summed E-state index contributed by atoms with van der Waals surface area (Å²) in [6, 6.07) is 12.2.